The number of carbonyl (C=O) groups is 1. The van der Waals surface area contributed by atoms with Crippen LogP contribution in [-0.4, -0.2) is 12.9 Å². The van der Waals surface area contributed by atoms with Gasteiger partial charge in [0.25, 0.3) is 0 Å². The Morgan fingerprint density at radius 2 is 2.05 bits per heavy atom. The van der Waals surface area contributed by atoms with E-state index in [2.05, 4.69) is 27.8 Å². The normalized spacial score (nSPS) is 9.55. The Morgan fingerprint density at radius 1 is 1.25 bits per heavy atom. The standard InChI is InChI=1S/C16H10BrClO2/c1-20-13-6-7-15(17)14(10-13)16(19)8-5-11-3-2-4-12(18)9-11/h2-4,6-7,9-10H,1H3. The minimum Gasteiger partial charge on any atom is -0.497 e. The average molecular weight is 350 g/mol. The van der Waals surface area contributed by atoms with Crippen molar-refractivity contribution in [2.24, 2.45) is 0 Å². The van der Waals surface area contributed by atoms with Gasteiger partial charge in [-0.1, -0.05) is 39.5 Å². The molecule has 0 spiro atoms. The highest BCUT2D eigenvalue weighted by Gasteiger charge is 2.08. The molecule has 0 radical (unpaired) electrons. The van der Waals surface area contributed by atoms with Crippen molar-refractivity contribution in [1.82, 2.24) is 0 Å². The van der Waals surface area contributed by atoms with E-state index < -0.39 is 0 Å². The van der Waals surface area contributed by atoms with E-state index in [9.17, 15) is 4.79 Å². The first kappa shape index (κ1) is 14.6. The first-order valence-corrected chi connectivity index (χ1v) is 6.92. The number of Topliss-reactive ketones (excluding diaryl/α,β-unsaturated/α-hetero) is 1. The molecule has 0 fully saturated rings. The minimum absolute atomic E-state index is 0.282. The zero-order valence-electron chi connectivity index (χ0n) is 10.6. The van der Waals surface area contributed by atoms with Crippen LogP contribution in [0.1, 0.15) is 15.9 Å². The first-order chi connectivity index (χ1) is 9.60. The summed E-state index contributed by atoms with van der Waals surface area (Å²) in [4.78, 5) is 12.1. The number of methoxy groups -OCH3 is 1. The van der Waals surface area contributed by atoms with Crippen molar-refractivity contribution < 1.29 is 9.53 Å². The molecular weight excluding hydrogens is 340 g/mol. The highest BCUT2D eigenvalue weighted by atomic mass is 79.9. The molecular formula is C16H10BrClO2. The van der Waals surface area contributed by atoms with Crippen LogP contribution in [0.25, 0.3) is 0 Å². The van der Waals surface area contributed by atoms with E-state index in [0.29, 0.717) is 26.4 Å². The van der Waals surface area contributed by atoms with Crippen molar-refractivity contribution in [3.05, 3.63) is 63.1 Å². The lowest BCUT2D eigenvalue weighted by Gasteiger charge is -2.03. The first-order valence-electron chi connectivity index (χ1n) is 5.75. The number of ketones is 1. The van der Waals surface area contributed by atoms with E-state index in [1.807, 2.05) is 0 Å². The quantitative estimate of drug-likeness (QED) is 0.595. The molecule has 2 rings (SSSR count). The molecule has 0 saturated carbocycles. The molecule has 20 heavy (non-hydrogen) atoms. The Labute approximate surface area is 130 Å². The molecule has 0 atom stereocenters. The van der Waals surface area contributed by atoms with Gasteiger partial charge in [0.15, 0.2) is 0 Å². The van der Waals surface area contributed by atoms with Crippen LogP contribution in [-0.2, 0) is 0 Å². The number of carbonyl (C=O) groups excluding carboxylic acids is 1. The Hall–Kier alpha value is -1.76. The van der Waals surface area contributed by atoms with Gasteiger partial charge in [0.05, 0.1) is 7.11 Å². The number of rotatable bonds is 2. The summed E-state index contributed by atoms with van der Waals surface area (Å²) >= 11 is 9.20. The van der Waals surface area contributed by atoms with Crippen molar-refractivity contribution >= 4 is 33.3 Å². The number of hydrogen-bond donors (Lipinski definition) is 0. The minimum atomic E-state index is -0.282. The Balaban J connectivity index is 2.29. The molecule has 0 heterocycles. The fourth-order valence-electron chi connectivity index (χ4n) is 1.57. The molecule has 0 unspecified atom stereocenters. The average Bonchev–Trinajstić information content (AvgIpc) is 2.45. The van der Waals surface area contributed by atoms with Gasteiger partial charge in [-0.25, -0.2) is 0 Å². The molecule has 0 aliphatic heterocycles. The fraction of sp³-hybridized carbons (Fsp3) is 0.0625. The maximum Gasteiger partial charge on any atom is 0.237 e. The molecule has 2 nitrogen and oxygen atoms in total. The zero-order chi connectivity index (χ0) is 14.5. The van der Waals surface area contributed by atoms with Crippen molar-refractivity contribution in [3.63, 3.8) is 0 Å². The highest BCUT2D eigenvalue weighted by molar-refractivity contribution is 9.10. The van der Waals surface area contributed by atoms with Crippen LogP contribution in [0, 0.1) is 11.8 Å². The van der Waals surface area contributed by atoms with Crippen molar-refractivity contribution in [3.8, 4) is 17.6 Å². The second-order valence-corrected chi connectivity index (χ2v) is 5.23. The molecule has 0 bridgehead atoms. The van der Waals surface area contributed by atoms with E-state index in [4.69, 9.17) is 16.3 Å². The van der Waals surface area contributed by atoms with Gasteiger partial charge in [-0.05, 0) is 42.3 Å². The van der Waals surface area contributed by atoms with E-state index in [-0.39, 0.29) is 5.78 Å². The third-order valence-corrected chi connectivity index (χ3v) is 3.49. The lowest BCUT2D eigenvalue weighted by molar-refractivity contribution is 0.105. The molecule has 0 N–H and O–H groups in total. The van der Waals surface area contributed by atoms with Crippen molar-refractivity contribution in [2.45, 2.75) is 0 Å². The lowest BCUT2D eigenvalue weighted by Crippen LogP contribution is -1.97. The summed E-state index contributed by atoms with van der Waals surface area (Å²) in [7, 11) is 1.55. The topological polar surface area (TPSA) is 26.3 Å². The van der Waals surface area contributed by atoms with Crippen molar-refractivity contribution in [1.29, 1.82) is 0 Å². The van der Waals surface area contributed by atoms with E-state index in [1.165, 1.54) is 0 Å². The number of ether oxygens (including phenoxy) is 1. The fourth-order valence-corrected chi connectivity index (χ4v) is 2.18. The Morgan fingerprint density at radius 3 is 2.75 bits per heavy atom. The molecule has 0 amide bonds. The van der Waals surface area contributed by atoms with Gasteiger partial charge in [-0.15, -0.1) is 0 Å². The maximum absolute atomic E-state index is 12.1. The molecule has 0 aromatic heterocycles. The summed E-state index contributed by atoms with van der Waals surface area (Å²) in [6.45, 7) is 0. The number of benzene rings is 2. The number of hydrogen-bond acceptors (Lipinski definition) is 2. The van der Waals surface area contributed by atoms with Gasteiger partial charge in [0.2, 0.25) is 5.78 Å². The summed E-state index contributed by atoms with van der Waals surface area (Å²) in [6, 6.07) is 12.2. The predicted octanol–water partition coefficient (Wildman–Crippen LogP) is 4.35. The molecule has 100 valence electrons. The van der Waals surface area contributed by atoms with Crippen LogP contribution in [0.2, 0.25) is 5.02 Å². The largest absolute Gasteiger partial charge is 0.497 e. The predicted molar refractivity (Wildman–Crippen MR) is 83.4 cm³/mol. The Kier molecular flexibility index (Phi) is 4.84. The van der Waals surface area contributed by atoms with Gasteiger partial charge < -0.3 is 4.74 Å². The summed E-state index contributed by atoms with van der Waals surface area (Å²) in [5, 5.41) is 0.590. The van der Waals surface area contributed by atoms with Gasteiger partial charge in [-0.2, -0.15) is 0 Å². The second kappa shape index (κ2) is 6.60. The van der Waals surface area contributed by atoms with E-state index in [1.54, 1.807) is 49.6 Å². The van der Waals surface area contributed by atoms with Gasteiger partial charge in [0, 0.05) is 20.6 Å². The van der Waals surface area contributed by atoms with Crippen LogP contribution in [0.5, 0.6) is 5.75 Å². The second-order valence-electron chi connectivity index (χ2n) is 3.94. The number of halogens is 2. The van der Waals surface area contributed by atoms with Crippen molar-refractivity contribution in [2.75, 3.05) is 7.11 Å². The lowest BCUT2D eigenvalue weighted by atomic mass is 10.1. The summed E-state index contributed by atoms with van der Waals surface area (Å²) in [6.07, 6.45) is 0. The van der Waals surface area contributed by atoms with Crippen LogP contribution < -0.4 is 4.74 Å². The SMILES string of the molecule is COc1ccc(Br)c(C(=O)C#Cc2cccc(Cl)c2)c1. The van der Waals surface area contributed by atoms with Crippen LogP contribution in [0.15, 0.2) is 46.9 Å². The molecule has 0 aliphatic carbocycles. The maximum atomic E-state index is 12.1. The summed E-state index contributed by atoms with van der Waals surface area (Å²) < 4.78 is 5.78. The van der Waals surface area contributed by atoms with Crippen LogP contribution in [0.3, 0.4) is 0 Å². The zero-order valence-corrected chi connectivity index (χ0v) is 13.0. The van der Waals surface area contributed by atoms with Gasteiger partial charge in [-0.3, -0.25) is 4.79 Å². The molecule has 4 heteroatoms. The molecule has 0 saturated heterocycles. The monoisotopic (exact) mass is 348 g/mol. The third-order valence-electron chi connectivity index (χ3n) is 2.56. The van der Waals surface area contributed by atoms with E-state index in [0.717, 1.165) is 0 Å². The smallest absolute Gasteiger partial charge is 0.237 e. The third kappa shape index (κ3) is 3.63. The summed E-state index contributed by atoms with van der Waals surface area (Å²) in [5.41, 5.74) is 1.17. The van der Waals surface area contributed by atoms with E-state index >= 15 is 0 Å². The van der Waals surface area contributed by atoms with Gasteiger partial charge >= 0.3 is 0 Å². The highest BCUT2D eigenvalue weighted by Crippen LogP contribution is 2.22. The molecule has 2 aromatic carbocycles. The Bertz CT molecular complexity index is 714. The summed E-state index contributed by atoms with van der Waals surface area (Å²) in [5.74, 6) is 5.73. The van der Waals surface area contributed by atoms with Crippen LogP contribution in [0.4, 0.5) is 0 Å². The van der Waals surface area contributed by atoms with Gasteiger partial charge in [0.1, 0.15) is 5.75 Å². The molecule has 2 aromatic rings. The van der Waals surface area contributed by atoms with Crippen LogP contribution >= 0.6 is 27.5 Å². The molecule has 0 aliphatic rings.